The fraction of sp³-hybridized carbons (Fsp3) is 0.958. The number of carbonyl (C=O) groups is 1. The fourth-order valence-corrected chi connectivity index (χ4v) is 8.71. The number of rotatable bonds is 4. The molecule has 28 heavy (non-hydrogen) atoms. The van der Waals surface area contributed by atoms with E-state index in [0.717, 1.165) is 38.5 Å². The molecule has 0 saturated heterocycles. The lowest BCUT2D eigenvalue weighted by Gasteiger charge is -2.62. The topological polar surface area (TPSA) is 77.8 Å². The van der Waals surface area contributed by atoms with Gasteiger partial charge in [-0.1, -0.05) is 20.8 Å². The van der Waals surface area contributed by atoms with E-state index in [1.165, 1.54) is 19.3 Å². The molecule has 0 aromatic carbocycles. The Morgan fingerprint density at radius 1 is 1.04 bits per heavy atom. The van der Waals surface area contributed by atoms with Crippen LogP contribution in [0.4, 0.5) is 0 Å². The number of aliphatic carboxylic acids is 1. The molecule has 4 aliphatic carbocycles. The van der Waals surface area contributed by atoms with Crippen LogP contribution < -0.4 is 0 Å². The second-order valence-corrected chi connectivity index (χ2v) is 11.3. The van der Waals surface area contributed by atoms with Crippen molar-refractivity contribution in [2.45, 2.75) is 97.2 Å². The van der Waals surface area contributed by atoms with Crippen molar-refractivity contribution in [1.29, 1.82) is 0 Å². The van der Waals surface area contributed by atoms with Crippen molar-refractivity contribution in [3.05, 3.63) is 0 Å². The lowest BCUT2D eigenvalue weighted by Crippen LogP contribution is -2.58. The van der Waals surface area contributed by atoms with Gasteiger partial charge in [0, 0.05) is 6.42 Å². The normalized spacial score (nSPS) is 51.7. The van der Waals surface area contributed by atoms with Gasteiger partial charge in [0.05, 0.1) is 12.2 Å². The van der Waals surface area contributed by atoms with Gasteiger partial charge in [-0.2, -0.15) is 0 Å². The van der Waals surface area contributed by atoms with Crippen LogP contribution in [0.5, 0.6) is 0 Å². The quantitative estimate of drug-likeness (QED) is 0.659. The van der Waals surface area contributed by atoms with Crippen LogP contribution in [-0.2, 0) is 4.79 Å². The maximum absolute atomic E-state index is 11.5. The van der Waals surface area contributed by atoms with Crippen molar-refractivity contribution >= 4 is 5.97 Å². The minimum Gasteiger partial charge on any atom is -0.481 e. The predicted octanol–water partition coefficient (Wildman–Crippen LogP) is 4.48. The lowest BCUT2D eigenvalue weighted by atomic mass is 9.43. The Balaban J connectivity index is 1.56. The minimum atomic E-state index is -0.707. The van der Waals surface area contributed by atoms with Crippen LogP contribution in [0.2, 0.25) is 0 Å². The van der Waals surface area contributed by atoms with Gasteiger partial charge in [-0.15, -0.1) is 0 Å². The molecule has 0 spiro atoms. The SMILES string of the molecule is CC(CCC(=O)O)C1CC[C@H]2C3CC[C@@H]4C[C@H](O)CC[C@]4(C)[C@H]3C[C@H](O)[C@]12C. The standard InChI is InChI=1S/C24H40O4/c1-14(4-9-22(27)28)18-7-8-19-17-6-5-15-12-16(25)10-11-23(15,2)20(17)13-21(26)24(18,19)3/h14-21,25-26H,4-13H2,1-3H3,(H,27,28)/t14?,15-,16-,17?,18?,19+,20+,21+,23+,24-/m1/s1. The Bertz CT molecular complexity index is 605. The third-order valence-electron chi connectivity index (χ3n) is 10.3. The van der Waals surface area contributed by atoms with Crippen molar-refractivity contribution in [2.75, 3.05) is 0 Å². The Morgan fingerprint density at radius 3 is 2.50 bits per heavy atom. The van der Waals surface area contributed by atoms with E-state index >= 15 is 0 Å². The molecule has 3 N–H and O–H groups in total. The third-order valence-corrected chi connectivity index (χ3v) is 10.3. The van der Waals surface area contributed by atoms with Gasteiger partial charge in [0.25, 0.3) is 0 Å². The summed E-state index contributed by atoms with van der Waals surface area (Å²) >= 11 is 0. The number of fused-ring (bicyclic) bond motifs is 5. The van der Waals surface area contributed by atoms with Crippen LogP contribution in [0.25, 0.3) is 0 Å². The van der Waals surface area contributed by atoms with Crippen LogP contribution in [0.15, 0.2) is 0 Å². The Hall–Kier alpha value is -0.610. The van der Waals surface area contributed by atoms with Crippen molar-refractivity contribution in [3.63, 3.8) is 0 Å². The van der Waals surface area contributed by atoms with Gasteiger partial charge < -0.3 is 15.3 Å². The molecule has 160 valence electrons. The first-order valence-corrected chi connectivity index (χ1v) is 11.8. The molecule has 4 nitrogen and oxygen atoms in total. The highest BCUT2D eigenvalue weighted by molar-refractivity contribution is 5.66. The molecule has 0 bridgehead atoms. The summed E-state index contributed by atoms with van der Waals surface area (Å²) in [6, 6.07) is 0. The van der Waals surface area contributed by atoms with E-state index in [2.05, 4.69) is 20.8 Å². The molecule has 0 aromatic rings. The molecule has 0 aliphatic heterocycles. The first kappa shape index (κ1) is 20.7. The summed E-state index contributed by atoms with van der Waals surface area (Å²) in [6.45, 7) is 6.99. The molecule has 4 fully saturated rings. The second kappa shape index (κ2) is 7.27. The number of carboxylic acid groups (broad SMARTS) is 1. The highest BCUT2D eigenvalue weighted by atomic mass is 16.4. The summed E-state index contributed by atoms with van der Waals surface area (Å²) in [4.78, 5) is 11.1. The molecular formula is C24H40O4. The maximum atomic E-state index is 11.5. The molecule has 0 aromatic heterocycles. The highest BCUT2D eigenvalue weighted by Crippen LogP contribution is 2.68. The number of hydrogen-bond donors (Lipinski definition) is 3. The zero-order valence-electron chi connectivity index (χ0n) is 17.9. The number of aliphatic hydroxyl groups excluding tert-OH is 2. The number of hydrogen-bond acceptors (Lipinski definition) is 3. The molecule has 0 amide bonds. The molecule has 10 atom stereocenters. The molecule has 0 radical (unpaired) electrons. The predicted molar refractivity (Wildman–Crippen MR) is 109 cm³/mol. The van der Waals surface area contributed by atoms with Gasteiger partial charge in [-0.3, -0.25) is 4.79 Å². The third kappa shape index (κ3) is 3.05. The van der Waals surface area contributed by atoms with Crippen LogP contribution in [-0.4, -0.2) is 33.5 Å². The monoisotopic (exact) mass is 392 g/mol. The van der Waals surface area contributed by atoms with Gasteiger partial charge >= 0.3 is 5.97 Å². The number of carboxylic acids is 1. The van der Waals surface area contributed by atoms with Crippen molar-refractivity contribution in [3.8, 4) is 0 Å². The van der Waals surface area contributed by atoms with Crippen LogP contribution in [0, 0.1) is 46.3 Å². The summed E-state index contributed by atoms with van der Waals surface area (Å²) in [5, 5.41) is 30.8. The molecule has 0 heterocycles. The lowest BCUT2D eigenvalue weighted by molar-refractivity contribution is -0.175. The Morgan fingerprint density at radius 2 is 1.79 bits per heavy atom. The Labute approximate surface area is 170 Å². The van der Waals surface area contributed by atoms with E-state index in [4.69, 9.17) is 5.11 Å². The van der Waals surface area contributed by atoms with Gasteiger partial charge in [0.15, 0.2) is 0 Å². The first-order valence-electron chi connectivity index (χ1n) is 11.8. The summed E-state index contributed by atoms with van der Waals surface area (Å²) in [5.74, 6) is 2.55. The van der Waals surface area contributed by atoms with E-state index < -0.39 is 5.97 Å². The highest BCUT2D eigenvalue weighted by Gasteiger charge is 2.63. The summed E-state index contributed by atoms with van der Waals surface area (Å²) in [6.07, 6.45) is 9.26. The first-order chi connectivity index (χ1) is 13.2. The molecule has 3 unspecified atom stereocenters. The average Bonchev–Trinajstić information content (AvgIpc) is 3.00. The fourth-order valence-electron chi connectivity index (χ4n) is 8.71. The van der Waals surface area contributed by atoms with E-state index in [1.54, 1.807) is 0 Å². The van der Waals surface area contributed by atoms with Gasteiger partial charge in [-0.25, -0.2) is 0 Å². The molecule has 4 rings (SSSR count). The zero-order valence-corrected chi connectivity index (χ0v) is 17.9. The zero-order chi connectivity index (χ0) is 20.3. The van der Waals surface area contributed by atoms with E-state index in [0.29, 0.717) is 35.5 Å². The van der Waals surface area contributed by atoms with Gasteiger partial charge in [-0.05, 0) is 104 Å². The summed E-state index contributed by atoms with van der Waals surface area (Å²) in [5.41, 5.74) is 0.216. The van der Waals surface area contributed by atoms with E-state index in [-0.39, 0.29) is 29.5 Å². The number of aliphatic hydroxyl groups is 2. The largest absolute Gasteiger partial charge is 0.481 e. The van der Waals surface area contributed by atoms with E-state index in [1.807, 2.05) is 0 Å². The molecule has 4 aliphatic rings. The second-order valence-electron chi connectivity index (χ2n) is 11.3. The summed E-state index contributed by atoms with van der Waals surface area (Å²) < 4.78 is 0. The van der Waals surface area contributed by atoms with Crippen molar-refractivity contribution in [2.24, 2.45) is 46.3 Å². The van der Waals surface area contributed by atoms with Crippen molar-refractivity contribution < 1.29 is 20.1 Å². The maximum Gasteiger partial charge on any atom is 0.303 e. The van der Waals surface area contributed by atoms with E-state index in [9.17, 15) is 15.0 Å². The molecule has 4 saturated carbocycles. The van der Waals surface area contributed by atoms with Gasteiger partial charge in [0.1, 0.15) is 0 Å². The summed E-state index contributed by atoms with van der Waals surface area (Å²) in [7, 11) is 0. The minimum absolute atomic E-state index is 0.0591. The molecular weight excluding hydrogens is 352 g/mol. The smallest absolute Gasteiger partial charge is 0.303 e. The van der Waals surface area contributed by atoms with Crippen molar-refractivity contribution in [1.82, 2.24) is 0 Å². The average molecular weight is 393 g/mol. The van der Waals surface area contributed by atoms with Gasteiger partial charge in [0.2, 0.25) is 0 Å². The van der Waals surface area contributed by atoms with Crippen LogP contribution in [0.1, 0.15) is 85.0 Å². The Kier molecular flexibility index (Phi) is 5.36. The van der Waals surface area contributed by atoms with Crippen LogP contribution >= 0.6 is 0 Å². The molecule has 4 heteroatoms. The van der Waals surface area contributed by atoms with Crippen LogP contribution in [0.3, 0.4) is 0 Å².